The van der Waals surface area contributed by atoms with E-state index in [2.05, 4.69) is 37.9 Å². The highest BCUT2D eigenvalue weighted by atomic mass is 35.5. The lowest BCUT2D eigenvalue weighted by Crippen LogP contribution is -2.10. The molecule has 0 unspecified atom stereocenters. The average Bonchev–Trinajstić information content (AvgIpc) is 2.17. The van der Waals surface area contributed by atoms with Crippen molar-refractivity contribution in [3.8, 4) is 0 Å². The molecule has 0 N–H and O–H groups in total. The Balaban J connectivity index is 2.47. The van der Waals surface area contributed by atoms with Crippen LogP contribution >= 0.6 is 11.6 Å². The van der Waals surface area contributed by atoms with Crippen LogP contribution in [0.5, 0.6) is 0 Å². The minimum Gasteiger partial charge on any atom is -0.251 e. The molecule has 0 aliphatic rings. The first-order valence-corrected chi connectivity index (χ1v) is 5.88. The number of rotatable bonds is 1. The molecule has 16 heavy (non-hydrogen) atoms. The van der Waals surface area contributed by atoms with Gasteiger partial charge in [0.1, 0.15) is 0 Å². The zero-order valence-electron chi connectivity index (χ0n) is 9.92. The molecule has 0 aliphatic carbocycles. The minimum atomic E-state index is 0.252. The van der Waals surface area contributed by atoms with E-state index in [1.165, 1.54) is 0 Å². The smallest absolute Gasteiger partial charge is 0.0891 e. The fourth-order valence-corrected chi connectivity index (χ4v) is 2.02. The van der Waals surface area contributed by atoms with E-state index in [4.69, 9.17) is 11.6 Å². The van der Waals surface area contributed by atoms with E-state index in [0.717, 1.165) is 28.0 Å². The molecule has 2 heteroatoms. The third kappa shape index (κ3) is 2.53. The van der Waals surface area contributed by atoms with Crippen LogP contribution < -0.4 is 0 Å². The van der Waals surface area contributed by atoms with Crippen LogP contribution in [0.4, 0.5) is 0 Å². The SMILES string of the molecule is CC(C)(C)Cc1ccc2cccc(Cl)c2n1. The minimum absolute atomic E-state index is 0.252. The molecule has 0 fully saturated rings. The van der Waals surface area contributed by atoms with Crippen LogP contribution in [0.2, 0.25) is 5.02 Å². The Hall–Kier alpha value is -1.08. The van der Waals surface area contributed by atoms with E-state index in [1.807, 2.05) is 18.2 Å². The number of para-hydroxylation sites is 1. The van der Waals surface area contributed by atoms with Crippen LogP contribution in [-0.4, -0.2) is 4.98 Å². The number of pyridine rings is 1. The van der Waals surface area contributed by atoms with Gasteiger partial charge in [0.2, 0.25) is 0 Å². The zero-order valence-corrected chi connectivity index (χ0v) is 10.7. The first kappa shape index (κ1) is 11.4. The largest absolute Gasteiger partial charge is 0.251 e. The molecule has 0 spiro atoms. The first-order valence-electron chi connectivity index (χ1n) is 5.50. The number of hydrogen-bond donors (Lipinski definition) is 0. The fraction of sp³-hybridized carbons (Fsp3) is 0.357. The molecule has 0 amide bonds. The normalized spacial score (nSPS) is 12.0. The maximum atomic E-state index is 6.14. The highest BCUT2D eigenvalue weighted by Crippen LogP contribution is 2.24. The topological polar surface area (TPSA) is 12.9 Å². The molecule has 0 atom stereocenters. The molecule has 1 nitrogen and oxygen atoms in total. The van der Waals surface area contributed by atoms with Crippen LogP contribution in [0.25, 0.3) is 10.9 Å². The standard InChI is InChI=1S/C14H16ClN/c1-14(2,3)9-11-8-7-10-5-4-6-12(15)13(10)16-11/h4-8H,9H2,1-3H3. The summed E-state index contributed by atoms with van der Waals surface area (Å²) < 4.78 is 0. The Morgan fingerprint density at radius 3 is 2.56 bits per heavy atom. The summed E-state index contributed by atoms with van der Waals surface area (Å²) in [5.74, 6) is 0. The number of fused-ring (bicyclic) bond motifs is 1. The lowest BCUT2D eigenvalue weighted by molar-refractivity contribution is 0.407. The van der Waals surface area contributed by atoms with Gasteiger partial charge in [-0.05, 0) is 24.0 Å². The highest BCUT2D eigenvalue weighted by molar-refractivity contribution is 6.35. The summed E-state index contributed by atoms with van der Waals surface area (Å²) in [5, 5.41) is 1.83. The van der Waals surface area contributed by atoms with Crippen molar-refractivity contribution in [3.63, 3.8) is 0 Å². The van der Waals surface area contributed by atoms with Crippen molar-refractivity contribution >= 4 is 22.5 Å². The molecule has 0 radical (unpaired) electrons. The third-order valence-electron chi connectivity index (χ3n) is 2.44. The van der Waals surface area contributed by atoms with Crippen LogP contribution in [0.15, 0.2) is 30.3 Å². The molecule has 1 aromatic heterocycles. The molecule has 0 saturated carbocycles. The van der Waals surface area contributed by atoms with Crippen molar-refractivity contribution < 1.29 is 0 Å². The van der Waals surface area contributed by atoms with Crippen LogP contribution in [0.3, 0.4) is 0 Å². The van der Waals surface area contributed by atoms with E-state index in [9.17, 15) is 0 Å². The summed E-state index contributed by atoms with van der Waals surface area (Å²) >= 11 is 6.14. The van der Waals surface area contributed by atoms with Crippen LogP contribution in [0.1, 0.15) is 26.5 Å². The monoisotopic (exact) mass is 233 g/mol. The summed E-state index contributed by atoms with van der Waals surface area (Å²) in [5.41, 5.74) is 2.26. The number of aromatic nitrogens is 1. The van der Waals surface area contributed by atoms with E-state index in [0.29, 0.717) is 0 Å². The summed E-state index contributed by atoms with van der Waals surface area (Å²) in [7, 11) is 0. The Bertz CT molecular complexity index is 512. The van der Waals surface area contributed by atoms with Crippen molar-refractivity contribution in [2.75, 3.05) is 0 Å². The van der Waals surface area contributed by atoms with Crippen LogP contribution in [0, 0.1) is 5.41 Å². The Labute approximate surface area is 101 Å². The molecule has 0 aliphatic heterocycles. The molecule has 1 aromatic carbocycles. The predicted octanol–water partition coefficient (Wildman–Crippen LogP) is 4.48. The van der Waals surface area contributed by atoms with Gasteiger partial charge in [-0.1, -0.05) is 50.6 Å². The van der Waals surface area contributed by atoms with E-state index in [1.54, 1.807) is 0 Å². The number of hydrogen-bond acceptors (Lipinski definition) is 1. The van der Waals surface area contributed by atoms with Gasteiger partial charge in [-0.15, -0.1) is 0 Å². The summed E-state index contributed by atoms with van der Waals surface area (Å²) in [4.78, 5) is 4.63. The van der Waals surface area contributed by atoms with Gasteiger partial charge >= 0.3 is 0 Å². The second-order valence-electron chi connectivity index (χ2n) is 5.35. The van der Waals surface area contributed by atoms with Gasteiger partial charge in [0.05, 0.1) is 10.5 Å². The first-order chi connectivity index (χ1) is 7.46. The van der Waals surface area contributed by atoms with Crippen molar-refractivity contribution in [3.05, 3.63) is 41.0 Å². The quantitative estimate of drug-likeness (QED) is 0.708. The second-order valence-corrected chi connectivity index (χ2v) is 5.76. The summed E-state index contributed by atoms with van der Waals surface area (Å²) in [6.07, 6.45) is 0.966. The third-order valence-corrected chi connectivity index (χ3v) is 2.75. The Morgan fingerprint density at radius 2 is 1.88 bits per heavy atom. The van der Waals surface area contributed by atoms with E-state index >= 15 is 0 Å². The number of benzene rings is 1. The van der Waals surface area contributed by atoms with Crippen molar-refractivity contribution in [1.29, 1.82) is 0 Å². The second kappa shape index (κ2) is 4.06. The molecular formula is C14H16ClN. The molecule has 2 aromatic rings. The highest BCUT2D eigenvalue weighted by Gasteiger charge is 2.12. The van der Waals surface area contributed by atoms with Crippen molar-refractivity contribution in [1.82, 2.24) is 4.98 Å². The van der Waals surface area contributed by atoms with E-state index in [-0.39, 0.29) is 5.41 Å². The van der Waals surface area contributed by atoms with Gasteiger partial charge in [-0.3, -0.25) is 4.98 Å². The molecule has 1 heterocycles. The van der Waals surface area contributed by atoms with Gasteiger partial charge in [0.25, 0.3) is 0 Å². The van der Waals surface area contributed by atoms with Crippen LogP contribution in [-0.2, 0) is 6.42 Å². The molecular weight excluding hydrogens is 218 g/mol. The van der Waals surface area contributed by atoms with Gasteiger partial charge in [-0.2, -0.15) is 0 Å². The number of halogens is 1. The maximum absolute atomic E-state index is 6.14. The van der Waals surface area contributed by atoms with E-state index < -0.39 is 0 Å². The molecule has 0 saturated heterocycles. The Kier molecular flexibility index (Phi) is 2.90. The van der Waals surface area contributed by atoms with Gasteiger partial charge in [-0.25, -0.2) is 0 Å². The summed E-state index contributed by atoms with van der Waals surface area (Å²) in [6.45, 7) is 6.64. The van der Waals surface area contributed by atoms with Gasteiger partial charge < -0.3 is 0 Å². The number of nitrogens with zero attached hydrogens (tertiary/aromatic N) is 1. The maximum Gasteiger partial charge on any atom is 0.0891 e. The van der Waals surface area contributed by atoms with Gasteiger partial charge in [0, 0.05) is 11.1 Å². The predicted molar refractivity (Wildman–Crippen MR) is 69.9 cm³/mol. The lowest BCUT2D eigenvalue weighted by atomic mass is 9.90. The lowest BCUT2D eigenvalue weighted by Gasteiger charge is -2.17. The van der Waals surface area contributed by atoms with Crippen molar-refractivity contribution in [2.45, 2.75) is 27.2 Å². The van der Waals surface area contributed by atoms with Gasteiger partial charge in [0.15, 0.2) is 0 Å². The average molecular weight is 234 g/mol. The Morgan fingerprint density at radius 1 is 1.12 bits per heavy atom. The van der Waals surface area contributed by atoms with Crippen molar-refractivity contribution in [2.24, 2.45) is 5.41 Å². The molecule has 84 valence electrons. The fourth-order valence-electron chi connectivity index (χ4n) is 1.79. The zero-order chi connectivity index (χ0) is 11.8. The summed E-state index contributed by atoms with van der Waals surface area (Å²) in [6, 6.07) is 10.1. The molecule has 0 bridgehead atoms. The molecule has 2 rings (SSSR count).